The summed E-state index contributed by atoms with van der Waals surface area (Å²) in [5.74, 6) is 0. The Hall–Kier alpha value is -5.28. The normalized spacial score (nSPS) is 12.2. The minimum absolute atomic E-state index is 0.174. The number of benzene rings is 2. The van der Waals surface area contributed by atoms with Gasteiger partial charge in [-0.25, -0.2) is 0 Å². The van der Waals surface area contributed by atoms with Crippen LogP contribution in [0.4, 0.5) is 0 Å². The second kappa shape index (κ2) is 50.5. The van der Waals surface area contributed by atoms with Crippen LogP contribution in [0.5, 0.6) is 0 Å². The Balaban J connectivity index is 0.000000216. The molecular weight excluding hydrogens is 1690 g/mol. The van der Waals surface area contributed by atoms with Gasteiger partial charge in [-0.05, 0) is 220 Å². The summed E-state index contributed by atoms with van der Waals surface area (Å²) in [5.41, 5.74) is 11.7. The van der Waals surface area contributed by atoms with Crippen LogP contribution in [0.25, 0.3) is 122 Å². The van der Waals surface area contributed by atoms with E-state index in [0.29, 0.717) is 0 Å². The number of thiophene rings is 8. The van der Waals surface area contributed by atoms with E-state index in [-0.39, 0.29) is 21.7 Å². The fraction of sp³-hybridized carbons (Fsp3) is 0.579. The van der Waals surface area contributed by atoms with Gasteiger partial charge in [-0.3, -0.25) is 19.2 Å². The number of aryl methyl sites for hydroxylation is 10. The van der Waals surface area contributed by atoms with Crippen molar-refractivity contribution in [1.29, 1.82) is 0 Å². The van der Waals surface area contributed by atoms with Gasteiger partial charge < -0.3 is 0 Å². The van der Waals surface area contributed by atoms with Gasteiger partial charge in [0.05, 0.1) is 0 Å². The average Bonchev–Trinajstić information content (AvgIpc) is 1.55. The average molecular weight is 1840 g/mol. The van der Waals surface area contributed by atoms with Crippen LogP contribution in [0.2, 0.25) is 0 Å². The molecule has 0 spiro atoms. The number of fused-ring (bicyclic) bond motifs is 12. The van der Waals surface area contributed by atoms with Crippen LogP contribution in [0.1, 0.15) is 418 Å². The summed E-state index contributed by atoms with van der Waals surface area (Å²) >= 11 is 15.0. The Kier molecular flexibility index (Phi) is 39.4. The van der Waals surface area contributed by atoms with Crippen LogP contribution >= 0.6 is 90.7 Å². The summed E-state index contributed by atoms with van der Waals surface area (Å²) in [4.78, 5) is 72.6. The van der Waals surface area contributed by atoms with Gasteiger partial charge in [0.25, 0.3) is 0 Å². The second-order valence-electron chi connectivity index (χ2n) is 37.8. The van der Waals surface area contributed by atoms with Crippen LogP contribution in [-0.4, -0.2) is 0 Å². The predicted molar refractivity (Wildman–Crippen MR) is 574 cm³/mol. The van der Waals surface area contributed by atoms with Crippen molar-refractivity contribution in [2.75, 3.05) is 0 Å². The van der Waals surface area contributed by atoms with Crippen molar-refractivity contribution in [3.8, 4) is 39.0 Å². The Morgan fingerprint density at radius 3 is 0.794 bits per heavy atom. The highest BCUT2D eigenvalue weighted by atomic mass is 32.1. The van der Waals surface area contributed by atoms with E-state index in [0.717, 1.165) is 160 Å². The Morgan fingerprint density at radius 1 is 0.214 bits per heavy atom. The molecule has 126 heavy (non-hydrogen) atoms. The number of hydrogen-bond donors (Lipinski definition) is 0. The second-order valence-corrected chi connectivity index (χ2v) is 46.3. The lowest BCUT2D eigenvalue weighted by molar-refractivity contribution is 0.607. The third-order valence-electron chi connectivity index (χ3n) is 27.7. The lowest BCUT2D eigenvalue weighted by atomic mass is 10.0. The smallest absolute Gasteiger partial charge is 0.195 e. The molecule has 0 bridgehead atoms. The van der Waals surface area contributed by atoms with Gasteiger partial charge in [0.15, 0.2) is 21.7 Å². The first-order valence-electron chi connectivity index (χ1n) is 51.3. The molecule has 0 unspecified atom stereocenters. The molecule has 14 aromatic rings. The first kappa shape index (κ1) is 98.2. The van der Waals surface area contributed by atoms with Crippen LogP contribution in [0, 0.1) is 13.8 Å². The quantitative estimate of drug-likeness (QED) is 0.0356. The Labute approximate surface area is 789 Å². The molecule has 0 aliphatic carbocycles. The minimum Gasteiger partial charge on any atom is -0.289 e. The van der Waals surface area contributed by atoms with E-state index >= 15 is 0 Å². The first-order valence-corrected chi connectivity index (χ1v) is 58.0. The van der Waals surface area contributed by atoms with Gasteiger partial charge >= 0.3 is 0 Å². The third kappa shape index (κ3) is 24.2. The molecule has 0 aliphatic heterocycles. The molecule has 0 atom stereocenters. The Bertz CT molecular complexity index is 5740. The molecule has 680 valence electrons. The molecule has 0 aliphatic rings. The standard InChI is InChI=1S/C58H78O2S4.C56H74O2S4/c1-7-11-15-19-23-27-31-41-35-39(5)61-54(41)55-42(32-28-24-20-16-12-8-2)36-49(63-55)56-44(34-30-26-22-18-14-10-4)51-53(60)46-37-47-45(38-48(46)58(51)64-56)52(59)50-43(40(6)62-57(47)50)33-29-25-21-17-13-9-3;1-5-9-13-17-21-25-29-39-33-47(59-37-39)53-41(31-27-23-19-15-11-7-3)49-51(57)43-36-46-44(35-45(43)55(49)61-53)52(58)50-42(32-28-24-20-16-12-8-4)54(62-56(46)50)48-34-40(38-60-48)30-26-22-18-14-10-6-2/h35-38H,7-34H2,1-6H3;33-38H,5-32H2,1-4H3. The summed E-state index contributed by atoms with van der Waals surface area (Å²) in [6.07, 6.45) is 69.5. The fourth-order valence-electron chi connectivity index (χ4n) is 20.4. The zero-order valence-electron chi connectivity index (χ0n) is 79.3. The highest BCUT2D eigenvalue weighted by Gasteiger charge is 2.31. The number of unbranched alkanes of at least 4 members (excludes halogenated alkanes) is 40. The molecule has 0 fully saturated rings. The third-order valence-corrected chi connectivity index (χ3v) is 37.6. The highest BCUT2D eigenvalue weighted by Crippen LogP contribution is 2.53. The van der Waals surface area contributed by atoms with Crippen LogP contribution in [-0.2, 0) is 51.4 Å². The largest absolute Gasteiger partial charge is 0.289 e. The fourth-order valence-corrected chi connectivity index (χ4v) is 30.6. The summed E-state index contributed by atoms with van der Waals surface area (Å²) < 4.78 is 4.40. The number of hydrogen-bond acceptors (Lipinski definition) is 12. The van der Waals surface area contributed by atoms with E-state index in [4.69, 9.17) is 0 Å². The van der Waals surface area contributed by atoms with Gasteiger partial charge in [-0.2, -0.15) is 0 Å². The maximum Gasteiger partial charge on any atom is 0.195 e. The van der Waals surface area contributed by atoms with Gasteiger partial charge in [-0.1, -0.05) is 312 Å². The molecule has 4 nitrogen and oxygen atoms in total. The van der Waals surface area contributed by atoms with E-state index < -0.39 is 0 Å². The molecule has 8 aromatic heterocycles. The van der Waals surface area contributed by atoms with Gasteiger partial charge in [0.2, 0.25) is 0 Å². The molecule has 0 amide bonds. The summed E-state index contributed by atoms with van der Waals surface area (Å²) in [6.45, 7) is 22.8. The molecular formula is C114H152O4S8. The van der Waals surface area contributed by atoms with E-state index in [1.165, 1.54) is 376 Å². The van der Waals surface area contributed by atoms with Gasteiger partial charge in [-0.15, -0.1) is 90.7 Å². The van der Waals surface area contributed by atoms with Crippen LogP contribution in [0.15, 0.2) is 78.5 Å². The van der Waals surface area contributed by atoms with Crippen LogP contribution in [0.3, 0.4) is 0 Å². The zero-order chi connectivity index (χ0) is 88.3. The zero-order valence-corrected chi connectivity index (χ0v) is 85.8. The minimum atomic E-state index is 0.174. The summed E-state index contributed by atoms with van der Waals surface area (Å²) in [7, 11) is 0. The van der Waals surface area contributed by atoms with E-state index in [2.05, 4.69) is 129 Å². The Morgan fingerprint density at radius 2 is 0.468 bits per heavy atom. The monoisotopic (exact) mass is 1840 g/mol. The lowest BCUT2D eigenvalue weighted by Crippen LogP contribution is -1.99. The molecule has 0 saturated heterocycles. The molecule has 0 saturated carbocycles. The molecule has 6 aromatic carbocycles. The SMILES string of the molecule is CCCCCCCCc1cc(C)sc1-c1sc(-c2sc3c(c2CCCCCCCC)c(=O)c2cc4c(cc23)c(=O)c2c(CCCCCCCC)c(C)sc24)cc1CCCCCCCC.CCCCCCCCc1csc(-c2sc3c(c2CCCCCCCC)c(=O)c2cc4c(cc23)c(=O)c2c(CCCCCCCC)c(-c3cc(CCCCCCCC)cs3)sc24)c1. The van der Waals surface area contributed by atoms with Crippen molar-refractivity contribution in [2.24, 2.45) is 0 Å². The van der Waals surface area contributed by atoms with Crippen molar-refractivity contribution in [3.63, 3.8) is 0 Å². The molecule has 0 N–H and O–H groups in total. The predicted octanol–water partition coefficient (Wildman–Crippen LogP) is 38.8. The molecule has 14 rings (SSSR count). The van der Waals surface area contributed by atoms with Gasteiger partial charge in [0, 0.05) is 132 Å². The first-order chi connectivity index (χ1) is 61.8. The van der Waals surface area contributed by atoms with Crippen molar-refractivity contribution in [3.05, 3.63) is 154 Å². The summed E-state index contributed by atoms with van der Waals surface area (Å²) in [6, 6.07) is 18.4. The van der Waals surface area contributed by atoms with Crippen LogP contribution < -0.4 is 21.7 Å². The van der Waals surface area contributed by atoms with E-state index in [1.807, 2.05) is 79.4 Å². The van der Waals surface area contributed by atoms with Crippen molar-refractivity contribution < 1.29 is 0 Å². The maximum atomic E-state index is 14.9. The van der Waals surface area contributed by atoms with Crippen molar-refractivity contribution in [1.82, 2.24) is 0 Å². The lowest BCUT2D eigenvalue weighted by Gasteiger charge is -2.06. The van der Waals surface area contributed by atoms with Crippen molar-refractivity contribution >= 4 is 174 Å². The molecule has 12 heteroatoms. The van der Waals surface area contributed by atoms with E-state index in [1.54, 1.807) is 11.3 Å². The molecule has 8 heterocycles. The summed E-state index contributed by atoms with van der Waals surface area (Å²) in [5, 5.41) is 15.7. The van der Waals surface area contributed by atoms with E-state index in [9.17, 15) is 19.2 Å². The van der Waals surface area contributed by atoms with Gasteiger partial charge in [0.1, 0.15) is 0 Å². The van der Waals surface area contributed by atoms with Crippen molar-refractivity contribution in [2.45, 2.75) is 429 Å². The molecule has 0 radical (unpaired) electrons. The maximum absolute atomic E-state index is 14.9. The topological polar surface area (TPSA) is 68.3 Å². The highest BCUT2D eigenvalue weighted by molar-refractivity contribution is 7.30. The number of rotatable bonds is 60.